The molecule has 8 heteroatoms. The first kappa shape index (κ1) is 19.0. The minimum atomic E-state index is -0.568. The summed E-state index contributed by atoms with van der Waals surface area (Å²) in [7, 11) is 1.60. The number of amides is 2. The van der Waals surface area contributed by atoms with Gasteiger partial charge in [-0.05, 0) is 43.2 Å². The van der Waals surface area contributed by atoms with Gasteiger partial charge in [-0.1, -0.05) is 0 Å². The van der Waals surface area contributed by atoms with Crippen molar-refractivity contribution in [2.24, 2.45) is 0 Å². The van der Waals surface area contributed by atoms with Crippen molar-refractivity contribution in [3.05, 3.63) is 54.1 Å². The van der Waals surface area contributed by atoms with Gasteiger partial charge >= 0.3 is 0 Å². The monoisotopic (exact) mass is 374 g/mol. The van der Waals surface area contributed by atoms with Crippen LogP contribution >= 0.6 is 0 Å². The van der Waals surface area contributed by atoms with Gasteiger partial charge in [0.15, 0.2) is 0 Å². The van der Waals surface area contributed by atoms with Crippen molar-refractivity contribution in [2.75, 3.05) is 26.8 Å². The maximum absolute atomic E-state index is 13.1. The van der Waals surface area contributed by atoms with Crippen molar-refractivity contribution >= 4 is 11.8 Å². The fourth-order valence-electron chi connectivity index (χ4n) is 3.30. The summed E-state index contributed by atoms with van der Waals surface area (Å²) in [6.07, 6.45) is 4.58. The molecule has 1 saturated heterocycles. The third kappa shape index (κ3) is 4.71. The smallest absolute Gasteiger partial charge is 0.251 e. The molecule has 27 heavy (non-hydrogen) atoms. The molecule has 1 aliphatic heterocycles. The van der Waals surface area contributed by atoms with E-state index >= 15 is 0 Å². The molecular formula is C19H23FN4O3. The molecular weight excluding hydrogens is 351 g/mol. The third-order valence-corrected chi connectivity index (χ3v) is 4.83. The predicted molar refractivity (Wildman–Crippen MR) is 96.5 cm³/mol. The van der Waals surface area contributed by atoms with Gasteiger partial charge < -0.3 is 15.0 Å². The molecule has 1 aromatic heterocycles. The van der Waals surface area contributed by atoms with Gasteiger partial charge in [-0.15, -0.1) is 0 Å². The van der Waals surface area contributed by atoms with E-state index in [0.29, 0.717) is 38.1 Å². The highest BCUT2D eigenvalue weighted by atomic mass is 19.1. The van der Waals surface area contributed by atoms with Crippen LogP contribution in [0.4, 0.5) is 4.39 Å². The number of carbonyl (C=O) groups is 2. The van der Waals surface area contributed by atoms with Crippen LogP contribution in [0.3, 0.4) is 0 Å². The molecule has 2 amide bonds. The van der Waals surface area contributed by atoms with Gasteiger partial charge in [0.25, 0.3) is 5.91 Å². The average molecular weight is 374 g/mol. The zero-order chi connectivity index (χ0) is 19.3. The fourth-order valence-corrected chi connectivity index (χ4v) is 3.30. The molecule has 7 nitrogen and oxygen atoms in total. The van der Waals surface area contributed by atoms with Crippen LogP contribution in [0.5, 0.6) is 0 Å². The quantitative estimate of drug-likeness (QED) is 0.796. The first-order valence-corrected chi connectivity index (χ1v) is 8.84. The Kier molecular flexibility index (Phi) is 5.85. The topological polar surface area (TPSA) is 76.5 Å². The molecule has 144 valence electrons. The molecule has 0 saturated carbocycles. The summed E-state index contributed by atoms with van der Waals surface area (Å²) in [4.78, 5) is 26.9. The summed E-state index contributed by atoms with van der Waals surface area (Å²) in [6, 6.07) is 7.17. The minimum Gasteiger partial charge on any atom is -0.385 e. The van der Waals surface area contributed by atoms with E-state index in [-0.39, 0.29) is 18.4 Å². The van der Waals surface area contributed by atoms with Crippen molar-refractivity contribution in [1.29, 1.82) is 0 Å². The largest absolute Gasteiger partial charge is 0.385 e. The van der Waals surface area contributed by atoms with E-state index in [1.54, 1.807) is 35.2 Å². The molecule has 3 rings (SSSR count). The Labute approximate surface area is 157 Å². The lowest BCUT2D eigenvalue weighted by Gasteiger charge is -2.30. The van der Waals surface area contributed by atoms with E-state index < -0.39 is 11.4 Å². The van der Waals surface area contributed by atoms with Crippen LogP contribution in [-0.4, -0.2) is 58.8 Å². The van der Waals surface area contributed by atoms with Gasteiger partial charge in [-0.25, -0.2) is 4.39 Å². The lowest BCUT2D eigenvalue weighted by Crippen LogP contribution is -2.51. The van der Waals surface area contributed by atoms with Gasteiger partial charge in [0.2, 0.25) is 5.91 Å². The molecule has 0 bridgehead atoms. The van der Waals surface area contributed by atoms with E-state index in [0.717, 1.165) is 0 Å². The summed E-state index contributed by atoms with van der Waals surface area (Å²) < 4.78 is 19.9. The molecule has 2 aromatic rings. The minimum absolute atomic E-state index is 0.0472. The van der Waals surface area contributed by atoms with Crippen LogP contribution in [0.2, 0.25) is 0 Å². The van der Waals surface area contributed by atoms with Crippen LogP contribution in [0.15, 0.2) is 42.7 Å². The number of hydrogen-bond acceptors (Lipinski definition) is 4. The second-order valence-electron chi connectivity index (χ2n) is 6.75. The molecule has 1 aliphatic rings. The molecule has 1 N–H and O–H groups in total. The highest BCUT2D eigenvalue weighted by Crippen LogP contribution is 2.26. The highest BCUT2D eigenvalue weighted by molar-refractivity contribution is 5.94. The Bertz CT molecular complexity index is 779. The Morgan fingerprint density at radius 1 is 1.33 bits per heavy atom. The van der Waals surface area contributed by atoms with Gasteiger partial charge in [0, 0.05) is 44.8 Å². The van der Waals surface area contributed by atoms with Gasteiger partial charge in [-0.2, -0.15) is 5.10 Å². The van der Waals surface area contributed by atoms with Gasteiger partial charge in [-0.3, -0.25) is 14.3 Å². The number of aromatic nitrogens is 2. The number of rotatable bonds is 7. The van der Waals surface area contributed by atoms with Crippen LogP contribution in [0, 0.1) is 5.82 Å². The number of carbonyl (C=O) groups excluding carboxylic acids is 2. The van der Waals surface area contributed by atoms with Crippen molar-refractivity contribution in [2.45, 2.75) is 24.9 Å². The van der Waals surface area contributed by atoms with Gasteiger partial charge in [0.05, 0.1) is 5.54 Å². The second-order valence-corrected chi connectivity index (χ2v) is 6.75. The average Bonchev–Trinajstić information content (AvgIpc) is 3.31. The Morgan fingerprint density at radius 2 is 2.11 bits per heavy atom. The highest BCUT2D eigenvalue weighted by Gasteiger charge is 2.41. The summed E-state index contributed by atoms with van der Waals surface area (Å²) in [5.41, 5.74) is -0.184. The van der Waals surface area contributed by atoms with E-state index in [1.165, 1.54) is 24.3 Å². The SMILES string of the molecule is COCCC1(NC(=O)c2ccc(F)cc2)CCN(C(=O)Cn2cccn2)C1. The Hall–Kier alpha value is -2.74. The van der Waals surface area contributed by atoms with E-state index in [1.807, 2.05) is 0 Å². The number of benzene rings is 1. The standard InChI is InChI=1S/C19H23FN4O3/c1-27-12-8-19(22-18(26)15-3-5-16(20)6-4-15)7-11-23(14-19)17(25)13-24-10-2-9-21-24/h2-6,9-10H,7-8,11-14H2,1H3,(H,22,26). The number of nitrogens with one attached hydrogen (secondary N) is 1. The molecule has 1 atom stereocenters. The second kappa shape index (κ2) is 8.30. The number of methoxy groups -OCH3 is 1. The lowest BCUT2D eigenvalue weighted by molar-refractivity contribution is -0.131. The number of likely N-dealkylation sites (tertiary alicyclic amines) is 1. The zero-order valence-corrected chi connectivity index (χ0v) is 15.2. The summed E-state index contributed by atoms with van der Waals surface area (Å²) in [5, 5.41) is 7.11. The van der Waals surface area contributed by atoms with Crippen LogP contribution in [0.1, 0.15) is 23.2 Å². The molecule has 1 aromatic carbocycles. The number of nitrogens with zero attached hydrogens (tertiary/aromatic N) is 3. The summed E-state index contributed by atoms with van der Waals surface area (Å²) >= 11 is 0. The number of halogens is 1. The Morgan fingerprint density at radius 3 is 2.78 bits per heavy atom. The lowest BCUT2D eigenvalue weighted by atomic mass is 9.94. The van der Waals surface area contributed by atoms with Crippen molar-refractivity contribution < 1.29 is 18.7 Å². The molecule has 0 radical (unpaired) electrons. The summed E-state index contributed by atoms with van der Waals surface area (Å²) in [6.45, 7) is 1.58. The zero-order valence-electron chi connectivity index (χ0n) is 15.2. The third-order valence-electron chi connectivity index (χ3n) is 4.83. The molecule has 1 fully saturated rings. The maximum Gasteiger partial charge on any atom is 0.251 e. The van der Waals surface area contributed by atoms with E-state index in [2.05, 4.69) is 10.4 Å². The first-order valence-electron chi connectivity index (χ1n) is 8.84. The normalized spacial score (nSPS) is 19.3. The summed E-state index contributed by atoms with van der Waals surface area (Å²) in [5.74, 6) is -0.724. The Balaban J connectivity index is 1.68. The fraction of sp³-hybridized carbons (Fsp3) is 0.421. The van der Waals surface area contributed by atoms with Crippen molar-refractivity contribution in [3.63, 3.8) is 0 Å². The first-order chi connectivity index (χ1) is 13.0. The molecule has 0 spiro atoms. The van der Waals surface area contributed by atoms with Crippen LogP contribution < -0.4 is 5.32 Å². The number of hydrogen-bond donors (Lipinski definition) is 1. The molecule has 1 unspecified atom stereocenters. The van der Waals surface area contributed by atoms with E-state index in [4.69, 9.17) is 4.74 Å². The van der Waals surface area contributed by atoms with Crippen LogP contribution in [0.25, 0.3) is 0 Å². The maximum atomic E-state index is 13.1. The molecule has 2 heterocycles. The van der Waals surface area contributed by atoms with Crippen LogP contribution in [-0.2, 0) is 16.1 Å². The predicted octanol–water partition coefficient (Wildman–Crippen LogP) is 1.46. The van der Waals surface area contributed by atoms with Gasteiger partial charge in [0.1, 0.15) is 12.4 Å². The van der Waals surface area contributed by atoms with Crippen molar-refractivity contribution in [1.82, 2.24) is 20.0 Å². The van der Waals surface area contributed by atoms with Crippen molar-refractivity contribution in [3.8, 4) is 0 Å². The molecule has 0 aliphatic carbocycles. The number of ether oxygens (including phenoxy) is 1. The van der Waals surface area contributed by atoms with E-state index in [9.17, 15) is 14.0 Å².